The van der Waals surface area contributed by atoms with Crippen molar-refractivity contribution in [1.82, 2.24) is 19.4 Å². The van der Waals surface area contributed by atoms with E-state index in [0.717, 1.165) is 25.7 Å². The van der Waals surface area contributed by atoms with Crippen molar-refractivity contribution in [3.05, 3.63) is 66.3 Å². The van der Waals surface area contributed by atoms with Crippen LogP contribution in [0.5, 0.6) is 0 Å². The van der Waals surface area contributed by atoms with Crippen LogP contribution >= 0.6 is 0 Å². The highest BCUT2D eigenvalue weighted by molar-refractivity contribution is 7.89. The lowest BCUT2D eigenvalue weighted by atomic mass is 10.2. The molecule has 0 N–H and O–H groups in total. The quantitative estimate of drug-likeness (QED) is 0.382. The van der Waals surface area contributed by atoms with E-state index in [1.54, 1.807) is 59.2 Å². The number of hydrogen-bond donors (Lipinski definition) is 0. The molecular formula is C23H24N4O5S. The molecule has 0 amide bonds. The van der Waals surface area contributed by atoms with Crippen LogP contribution in [0.3, 0.4) is 0 Å². The van der Waals surface area contributed by atoms with Gasteiger partial charge >= 0.3 is 5.97 Å². The maximum absolute atomic E-state index is 12.8. The first-order valence-corrected chi connectivity index (χ1v) is 12.1. The minimum absolute atomic E-state index is 0.163. The SMILES string of the molecule is O=C(/C=C/c1ccc(S(=O)(=O)N2CCCCCC2)cc1)OCc1nc(-c2cccnc2)no1. The van der Waals surface area contributed by atoms with E-state index in [-0.39, 0.29) is 17.4 Å². The van der Waals surface area contributed by atoms with Crippen LogP contribution in [0.15, 0.2) is 64.3 Å². The first-order valence-electron chi connectivity index (χ1n) is 10.7. The van der Waals surface area contributed by atoms with Crippen molar-refractivity contribution < 1.29 is 22.5 Å². The molecule has 1 saturated heterocycles. The van der Waals surface area contributed by atoms with Crippen molar-refractivity contribution in [2.45, 2.75) is 37.2 Å². The maximum Gasteiger partial charge on any atom is 0.331 e. The first kappa shape index (κ1) is 22.8. The van der Waals surface area contributed by atoms with Gasteiger partial charge in [0.25, 0.3) is 5.89 Å². The maximum atomic E-state index is 12.8. The Balaban J connectivity index is 1.31. The summed E-state index contributed by atoms with van der Waals surface area (Å²) in [6.45, 7) is 0.947. The largest absolute Gasteiger partial charge is 0.452 e. The van der Waals surface area contributed by atoms with Gasteiger partial charge in [0, 0.05) is 37.1 Å². The predicted molar refractivity (Wildman–Crippen MR) is 120 cm³/mol. The second kappa shape index (κ2) is 10.5. The summed E-state index contributed by atoms with van der Waals surface area (Å²) in [5.74, 6) is -0.0593. The molecule has 1 fully saturated rings. The van der Waals surface area contributed by atoms with Gasteiger partial charge in [0.1, 0.15) is 0 Å². The van der Waals surface area contributed by atoms with E-state index in [9.17, 15) is 13.2 Å². The highest BCUT2D eigenvalue weighted by Gasteiger charge is 2.24. The zero-order valence-electron chi connectivity index (χ0n) is 18.0. The third kappa shape index (κ3) is 5.91. The molecule has 9 nitrogen and oxygen atoms in total. The molecule has 10 heteroatoms. The smallest absolute Gasteiger partial charge is 0.331 e. The van der Waals surface area contributed by atoms with Crippen molar-refractivity contribution in [3.8, 4) is 11.4 Å². The summed E-state index contributed by atoms with van der Waals surface area (Å²) in [5.41, 5.74) is 1.37. The Labute approximate surface area is 192 Å². The minimum atomic E-state index is -3.50. The number of carbonyl (C=O) groups excluding carboxylic acids is 1. The Morgan fingerprint density at radius 2 is 1.85 bits per heavy atom. The third-order valence-corrected chi connectivity index (χ3v) is 7.13. The molecule has 3 aromatic rings. The number of ether oxygens (including phenoxy) is 1. The van der Waals surface area contributed by atoms with Crippen LogP contribution < -0.4 is 0 Å². The number of hydrogen-bond acceptors (Lipinski definition) is 8. The van der Waals surface area contributed by atoms with Gasteiger partial charge in [0.2, 0.25) is 15.8 Å². The predicted octanol–water partition coefficient (Wildman–Crippen LogP) is 3.45. The van der Waals surface area contributed by atoms with Crippen LogP contribution in [0.4, 0.5) is 0 Å². The summed E-state index contributed by atoms with van der Waals surface area (Å²) in [4.78, 5) is 20.4. The lowest BCUT2D eigenvalue weighted by molar-refractivity contribution is -0.139. The Morgan fingerprint density at radius 1 is 1.09 bits per heavy atom. The van der Waals surface area contributed by atoms with Gasteiger partial charge in [0.05, 0.1) is 4.90 Å². The fourth-order valence-electron chi connectivity index (χ4n) is 3.45. The molecule has 1 aliphatic heterocycles. The summed E-state index contributed by atoms with van der Waals surface area (Å²) in [6.07, 6.45) is 9.95. The van der Waals surface area contributed by atoms with Gasteiger partial charge in [-0.05, 0) is 48.7 Å². The minimum Gasteiger partial charge on any atom is -0.452 e. The zero-order valence-corrected chi connectivity index (χ0v) is 18.8. The fraction of sp³-hybridized carbons (Fsp3) is 0.304. The van der Waals surface area contributed by atoms with Crippen LogP contribution in [0.25, 0.3) is 17.5 Å². The van der Waals surface area contributed by atoms with Gasteiger partial charge in [0.15, 0.2) is 6.61 Å². The number of nitrogens with zero attached hydrogens (tertiary/aromatic N) is 4. The second-order valence-electron chi connectivity index (χ2n) is 7.58. The summed E-state index contributed by atoms with van der Waals surface area (Å²) >= 11 is 0. The van der Waals surface area contributed by atoms with Crippen molar-refractivity contribution in [1.29, 1.82) is 0 Å². The van der Waals surface area contributed by atoms with Crippen molar-refractivity contribution in [3.63, 3.8) is 0 Å². The van der Waals surface area contributed by atoms with Gasteiger partial charge in [-0.25, -0.2) is 13.2 Å². The summed E-state index contributed by atoms with van der Waals surface area (Å²) < 4.78 is 37.4. The Morgan fingerprint density at radius 3 is 2.55 bits per heavy atom. The van der Waals surface area contributed by atoms with E-state index in [1.165, 1.54) is 6.08 Å². The molecule has 3 heterocycles. The number of pyridine rings is 1. The first-order chi connectivity index (χ1) is 16.0. The summed E-state index contributed by atoms with van der Waals surface area (Å²) in [7, 11) is -3.50. The third-order valence-electron chi connectivity index (χ3n) is 5.22. The van der Waals surface area contributed by atoms with Crippen molar-refractivity contribution in [2.75, 3.05) is 13.1 Å². The molecule has 2 aromatic heterocycles. The van der Waals surface area contributed by atoms with E-state index >= 15 is 0 Å². The van der Waals surface area contributed by atoms with Crippen molar-refractivity contribution in [2.24, 2.45) is 0 Å². The molecule has 0 radical (unpaired) electrons. The molecule has 0 atom stereocenters. The van der Waals surface area contributed by atoms with Crippen LogP contribution in [-0.2, 0) is 26.2 Å². The Hall–Kier alpha value is -3.37. The molecule has 33 heavy (non-hydrogen) atoms. The molecule has 172 valence electrons. The van der Waals surface area contributed by atoms with E-state index in [0.29, 0.717) is 30.0 Å². The van der Waals surface area contributed by atoms with E-state index < -0.39 is 16.0 Å². The molecule has 0 bridgehead atoms. The van der Waals surface area contributed by atoms with Crippen LogP contribution in [0.1, 0.15) is 37.1 Å². The van der Waals surface area contributed by atoms with Gasteiger partial charge in [-0.3, -0.25) is 4.98 Å². The highest BCUT2D eigenvalue weighted by Crippen LogP contribution is 2.21. The molecule has 0 spiro atoms. The van der Waals surface area contributed by atoms with Crippen LogP contribution in [0.2, 0.25) is 0 Å². The van der Waals surface area contributed by atoms with Crippen molar-refractivity contribution >= 4 is 22.1 Å². The Bertz CT molecular complexity index is 1200. The summed E-state index contributed by atoms with van der Waals surface area (Å²) in [5, 5.41) is 3.84. The van der Waals surface area contributed by atoms with Gasteiger partial charge < -0.3 is 9.26 Å². The molecular weight excluding hydrogens is 444 g/mol. The molecule has 4 rings (SSSR count). The molecule has 0 aliphatic carbocycles. The zero-order chi connectivity index (χ0) is 23.1. The van der Waals surface area contributed by atoms with E-state index in [1.807, 2.05) is 0 Å². The normalized spacial score (nSPS) is 15.4. The monoisotopic (exact) mass is 468 g/mol. The highest BCUT2D eigenvalue weighted by atomic mass is 32.2. The molecule has 1 aliphatic rings. The lowest BCUT2D eigenvalue weighted by Gasteiger charge is -2.19. The van der Waals surface area contributed by atoms with Gasteiger partial charge in [-0.15, -0.1) is 0 Å². The number of rotatable bonds is 7. The lowest BCUT2D eigenvalue weighted by Crippen LogP contribution is -2.31. The second-order valence-corrected chi connectivity index (χ2v) is 9.52. The number of esters is 1. The van der Waals surface area contributed by atoms with Gasteiger partial charge in [-0.1, -0.05) is 30.1 Å². The average molecular weight is 469 g/mol. The number of benzene rings is 1. The Kier molecular flexibility index (Phi) is 7.26. The topological polar surface area (TPSA) is 115 Å². The fourth-order valence-corrected chi connectivity index (χ4v) is 4.97. The summed E-state index contributed by atoms with van der Waals surface area (Å²) in [6, 6.07) is 9.99. The van der Waals surface area contributed by atoms with Crippen LogP contribution in [0, 0.1) is 0 Å². The standard InChI is InChI=1S/C23H24N4O5S/c28-22(31-17-21-25-23(26-32-21)19-6-5-13-24-16-19)12-9-18-7-10-20(11-8-18)33(29,30)27-14-3-1-2-4-15-27/h5-13,16H,1-4,14-15,17H2/b12-9+. The average Bonchev–Trinajstić information content (AvgIpc) is 3.14. The number of aromatic nitrogens is 3. The number of carbonyl (C=O) groups is 1. The molecule has 0 unspecified atom stereocenters. The van der Waals surface area contributed by atoms with Crippen LogP contribution in [-0.4, -0.2) is 46.9 Å². The molecule has 0 saturated carbocycles. The molecule has 1 aromatic carbocycles. The van der Waals surface area contributed by atoms with E-state index in [2.05, 4.69) is 15.1 Å². The van der Waals surface area contributed by atoms with E-state index in [4.69, 9.17) is 9.26 Å². The van der Waals surface area contributed by atoms with Gasteiger partial charge in [-0.2, -0.15) is 9.29 Å². The number of sulfonamides is 1.